The fraction of sp³-hybridized carbons (Fsp3) is 0.600. The standard InChI is InChI=1S/C30H44N4O5/c1-18(2)26-28(36)32-22(6)29(37)34-16-10-15-25(33-34)27(35)31-21(5)24-14-9-13-23(17-24)12-8-7-11-19(3)20(4)30(38)39-26/h8-9,12-14,17-22,25-26,33H,7,10-11,15-16H2,1-6H3,(H,31,35)(H,32,36)/b12-8+/t19-,20-,21-,22+,25+,26+/m1/s1. The number of ether oxygens (including phenoxy) is 1. The Morgan fingerprint density at radius 1 is 0.949 bits per heavy atom. The van der Waals surface area contributed by atoms with Gasteiger partial charge in [0, 0.05) is 6.54 Å². The monoisotopic (exact) mass is 540 g/mol. The maximum Gasteiger partial charge on any atom is 0.309 e. The van der Waals surface area contributed by atoms with E-state index in [0.717, 1.165) is 24.0 Å². The lowest BCUT2D eigenvalue weighted by molar-refractivity contribution is -0.164. The van der Waals surface area contributed by atoms with Crippen molar-refractivity contribution in [3.63, 3.8) is 0 Å². The highest BCUT2D eigenvalue weighted by molar-refractivity contribution is 5.90. The van der Waals surface area contributed by atoms with Crippen LogP contribution in [0.1, 0.15) is 84.4 Å². The number of carbonyl (C=O) groups is 4. The highest BCUT2D eigenvalue weighted by atomic mass is 16.5. The van der Waals surface area contributed by atoms with Crippen LogP contribution in [0.2, 0.25) is 0 Å². The molecule has 9 nitrogen and oxygen atoms in total. The Labute approximate surface area is 232 Å². The molecule has 2 aliphatic rings. The molecule has 2 heterocycles. The summed E-state index contributed by atoms with van der Waals surface area (Å²) >= 11 is 0. The van der Waals surface area contributed by atoms with E-state index in [-0.39, 0.29) is 35.6 Å². The molecule has 0 radical (unpaired) electrons. The normalized spacial score (nSPS) is 30.9. The van der Waals surface area contributed by atoms with Crippen molar-refractivity contribution >= 4 is 29.8 Å². The average molecular weight is 541 g/mol. The molecule has 214 valence electrons. The van der Waals surface area contributed by atoms with Gasteiger partial charge in [0.25, 0.3) is 11.8 Å². The number of esters is 1. The highest BCUT2D eigenvalue weighted by Gasteiger charge is 2.34. The summed E-state index contributed by atoms with van der Waals surface area (Å²) in [5.41, 5.74) is 5.05. The summed E-state index contributed by atoms with van der Waals surface area (Å²) in [5, 5.41) is 7.18. The lowest BCUT2D eigenvalue weighted by Gasteiger charge is -2.35. The molecule has 3 rings (SSSR count). The molecule has 3 N–H and O–H groups in total. The topological polar surface area (TPSA) is 117 Å². The first kappa shape index (κ1) is 30.3. The van der Waals surface area contributed by atoms with E-state index in [0.29, 0.717) is 19.4 Å². The zero-order valence-corrected chi connectivity index (χ0v) is 24.0. The number of fused-ring (bicyclic) bond motifs is 4. The smallest absolute Gasteiger partial charge is 0.309 e. The predicted molar refractivity (Wildman–Crippen MR) is 150 cm³/mol. The van der Waals surface area contributed by atoms with Crippen LogP contribution < -0.4 is 16.1 Å². The van der Waals surface area contributed by atoms with Crippen molar-refractivity contribution in [1.82, 2.24) is 21.1 Å². The summed E-state index contributed by atoms with van der Waals surface area (Å²) in [6, 6.07) is 6.37. The molecule has 0 aromatic heterocycles. The Bertz CT molecular complexity index is 1070. The van der Waals surface area contributed by atoms with Gasteiger partial charge in [-0.1, -0.05) is 58.0 Å². The number of cyclic esters (lactones) is 1. The number of carbonyl (C=O) groups excluding carboxylic acids is 4. The van der Waals surface area contributed by atoms with Crippen molar-refractivity contribution < 1.29 is 23.9 Å². The molecule has 39 heavy (non-hydrogen) atoms. The second-order valence-electron chi connectivity index (χ2n) is 11.3. The van der Waals surface area contributed by atoms with Gasteiger partial charge in [0.05, 0.1) is 12.0 Å². The SMILES string of the molecule is CC(C)[C@@H]1OC(=O)[C@H](C)[C@H](C)CC/C=C/c2cccc(c2)[C@@H](C)NC(=O)[C@@H]2CCCN(N2)C(=O)[C@H](C)NC1=O. The summed E-state index contributed by atoms with van der Waals surface area (Å²) in [6.45, 7) is 11.4. The molecular formula is C30H44N4O5. The zero-order valence-electron chi connectivity index (χ0n) is 24.0. The molecule has 1 aromatic rings. The fourth-order valence-corrected chi connectivity index (χ4v) is 4.84. The predicted octanol–water partition coefficient (Wildman–Crippen LogP) is 3.51. The summed E-state index contributed by atoms with van der Waals surface area (Å²) in [5.74, 6) is -2.07. The number of nitrogens with one attached hydrogen (secondary N) is 3. The van der Waals surface area contributed by atoms with Crippen molar-refractivity contribution in [3.8, 4) is 0 Å². The van der Waals surface area contributed by atoms with Gasteiger partial charge < -0.3 is 15.4 Å². The van der Waals surface area contributed by atoms with Crippen LogP contribution in [-0.2, 0) is 23.9 Å². The van der Waals surface area contributed by atoms with E-state index in [1.807, 2.05) is 45.0 Å². The number of hydrogen-bond donors (Lipinski definition) is 3. The van der Waals surface area contributed by atoms with Gasteiger partial charge in [-0.3, -0.25) is 24.2 Å². The van der Waals surface area contributed by atoms with Crippen molar-refractivity contribution in [2.75, 3.05) is 6.54 Å². The van der Waals surface area contributed by atoms with E-state index in [1.54, 1.807) is 20.8 Å². The highest BCUT2D eigenvalue weighted by Crippen LogP contribution is 2.22. The van der Waals surface area contributed by atoms with E-state index < -0.39 is 30.1 Å². The maximum absolute atomic E-state index is 13.2. The van der Waals surface area contributed by atoms with Crippen LogP contribution >= 0.6 is 0 Å². The van der Waals surface area contributed by atoms with Gasteiger partial charge in [0.2, 0.25) is 5.91 Å². The molecule has 1 aromatic carbocycles. The van der Waals surface area contributed by atoms with Crippen LogP contribution in [0.4, 0.5) is 0 Å². The number of hydrogen-bond acceptors (Lipinski definition) is 6. The van der Waals surface area contributed by atoms with Crippen LogP contribution in [0.25, 0.3) is 6.08 Å². The van der Waals surface area contributed by atoms with Crippen molar-refractivity contribution in [3.05, 3.63) is 41.5 Å². The van der Waals surface area contributed by atoms with Crippen LogP contribution in [-0.4, -0.2) is 53.4 Å². The number of amides is 3. The molecule has 0 unspecified atom stereocenters. The maximum atomic E-state index is 13.2. The summed E-state index contributed by atoms with van der Waals surface area (Å²) in [6.07, 6.45) is 5.93. The number of rotatable bonds is 1. The van der Waals surface area contributed by atoms with Gasteiger partial charge in [-0.15, -0.1) is 0 Å². The second-order valence-corrected chi connectivity index (χ2v) is 11.3. The van der Waals surface area contributed by atoms with Crippen molar-refractivity contribution in [2.24, 2.45) is 17.8 Å². The first-order chi connectivity index (χ1) is 18.5. The minimum absolute atomic E-state index is 0.0519. The Balaban J connectivity index is 1.85. The number of hydrazine groups is 1. The summed E-state index contributed by atoms with van der Waals surface area (Å²) < 4.78 is 5.68. The first-order valence-corrected chi connectivity index (χ1v) is 14.1. The largest absolute Gasteiger partial charge is 0.452 e. The number of benzene rings is 1. The summed E-state index contributed by atoms with van der Waals surface area (Å²) in [4.78, 5) is 52.3. The van der Waals surface area contributed by atoms with Gasteiger partial charge in [-0.25, -0.2) is 5.43 Å². The van der Waals surface area contributed by atoms with E-state index in [4.69, 9.17) is 4.74 Å². The first-order valence-electron chi connectivity index (χ1n) is 14.1. The zero-order chi connectivity index (χ0) is 28.7. The third kappa shape index (κ3) is 8.14. The van der Waals surface area contributed by atoms with Gasteiger partial charge in [-0.05, 0) is 68.6 Å². The molecule has 2 aliphatic heterocycles. The van der Waals surface area contributed by atoms with E-state index in [2.05, 4.69) is 28.2 Å². The molecule has 1 saturated heterocycles. The Morgan fingerprint density at radius 3 is 2.38 bits per heavy atom. The molecular weight excluding hydrogens is 496 g/mol. The Morgan fingerprint density at radius 2 is 1.67 bits per heavy atom. The van der Waals surface area contributed by atoms with E-state index >= 15 is 0 Å². The minimum Gasteiger partial charge on any atom is -0.452 e. The van der Waals surface area contributed by atoms with Gasteiger partial charge in [-0.2, -0.15) is 0 Å². The fourth-order valence-electron chi connectivity index (χ4n) is 4.84. The molecule has 9 heteroatoms. The van der Waals surface area contributed by atoms with Gasteiger partial charge in [0.1, 0.15) is 12.1 Å². The molecule has 4 bridgehead atoms. The molecule has 0 spiro atoms. The third-order valence-electron chi connectivity index (χ3n) is 7.70. The summed E-state index contributed by atoms with van der Waals surface area (Å²) in [7, 11) is 0. The second kappa shape index (κ2) is 13.7. The Hall–Kier alpha value is -3.20. The molecule has 6 atom stereocenters. The molecule has 1 fully saturated rings. The van der Waals surface area contributed by atoms with E-state index in [9.17, 15) is 19.2 Å². The van der Waals surface area contributed by atoms with Crippen LogP contribution in [0.3, 0.4) is 0 Å². The Kier molecular flexibility index (Phi) is 10.7. The van der Waals surface area contributed by atoms with Crippen molar-refractivity contribution in [1.29, 1.82) is 0 Å². The van der Waals surface area contributed by atoms with Gasteiger partial charge >= 0.3 is 5.97 Å². The van der Waals surface area contributed by atoms with Gasteiger partial charge in [0.15, 0.2) is 6.10 Å². The number of nitrogens with zero attached hydrogens (tertiary/aromatic N) is 1. The van der Waals surface area contributed by atoms with Crippen LogP contribution in [0.15, 0.2) is 30.3 Å². The molecule has 0 saturated carbocycles. The average Bonchev–Trinajstić information content (AvgIpc) is 2.92. The van der Waals surface area contributed by atoms with E-state index in [1.165, 1.54) is 5.01 Å². The lowest BCUT2D eigenvalue weighted by atomic mass is 9.91. The third-order valence-corrected chi connectivity index (χ3v) is 7.70. The quantitative estimate of drug-likeness (QED) is 0.470. The molecule has 3 amide bonds. The van der Waals surface area contributed by atoms with Crippen LogP contribution in [0, 0.1) is 17.8 Å². The minimum atomic E-state index is -1.01. The molecule has 0 aliphatic carbocycles. The van der Waals surface area contributed by atoms with Crippen LogP contribution in [0.5, 0.6) is 0 Å². The number of allylic oxidation sites excluding steroid dienone is 1. The van der Waals surface area contributed by atoms with Crippen molar-refractivity contribution in [2.45, 2.75) is 91.5 Å². The lowest BCUT2D eigenvalue weighted by Crippen LogP contribution is -2.61.